The zero-order valence-electron chi connectivity index (χ0n) is 11.4. The molecule has 0 aromatic carbocycles. The highest BCUT2D eigenvalue weighted by molar-refractivity contribution is 5.88. The van der Waals surface area contributed by atoms with E-state index in [0.29, 0.717) is 32.6 Å². The summed E-state index contributed by atoms with van der Waals surface area (Å²) in [6, 6.07) is 0. The van der Waals surface area contributed by atoms with Gasteiger partial charge >= 0.3 is 5.97 Å². The highest BCUT2D eigenvalue weighted by atomic mass is 16.5. The average Bonchev–Trinajstić information content (AvgIpc) is 2.34. The molecule has 1 heterocycles. The van der Waals surface area contributed by atoms with Gasteiger partial charge in [-0.3, -0.25) is 9.69 Å². The van der Waals surface area contributed by atoms with Gasteiger partial charge in [0.1, 0.15) is 5.54 Å². The van der Waals surface area contributed by atoms with Crippen LogP contribution in [0.4, 0.5) is 0 Å². The van der Waals surface area contributed by atoms with Gasteiger partial charge in [0, 0.05) is 25.6 Å². The summed E-state index contributed by atoms with van der Waals surface area (Å²) in [6.07, 6.45) is 1.95. The van der Waals surface area contributed by atoms with Crippen molar-refractivity contribution < 1.29 is 19.4 Å². The third-order valence-electron chi connectivity index (χ3n) is 4.06. The number of carboxylic acids is 1. The van der Waals surface area contributed by atoms with E-state index in [4.69, 9.17) is 4.74 Å². The first kappa shape index (κ1) is 14.3. The van der Waals surface area contributed by atoms with Gasteiger partial charge in [0.2, 0.25) is 5.91 Å². The molecule has 6 nitrogen and oxygen atoms in total. The standard InChI is InChI=1S/C13H22N2O4/c1-10(9-15-5-7-19-8-6-15)11(16)14-13(12(17)18)3-2-4-13/h10H,2-9H2,1H3,(H,14,16)(H,17,18)/t10-/m1/s1. The Kier molecular flexibility index (Phi) is 4.42. The first-order chi connectivity index (χ1) is 9.03. The van der Waals surface area contributed by atoms with Gasteiger partial charge in [-0.15, -0.1) is 0 Å². The van der Waals surface area contributed by atoms with Gasteiger partial charge in [-0.2, -0.15) is 0 Å². The molecule has 6 heteroatoms. The largest absolute Gasteiger partial charge is 0.480 e. The van der Waals surface area contributed by atoms with E-state index in [-0.39, 0.29) is 11.8 Å². The molecule has 2 aliphatic rings. The Bertz CT molecular complexity index is 349. The van der Waals surface area contributed by atoms with Crippen molar-refractivity contribution in [2.24, 2.45) is 5.92 Å². The van der Waals surface area contributed by atoms with Gasteiger partial charge < -0.3 is 15.2 Å². The van der Waals surface area contributed by atoms with E-state index in [1.165, 1.54) is 0 Å². The number of morpholine rings is 1. The van der Waals surface area contributed by atoms with Crippen molar-refractivity contribution in [1.82, 2.24) is 10.2 Å². The molecule has 1 saturated heterocycles. The number of carboxylic acid groups (broad SMARTS) is 1. The monoisotopic (exact) mass is 270 g/mol. The van der Waals surface area contributed by atoms with Crippen LogP contribution in [-0.4, -0.2) is 60.3 Å². The minimum atomic E-state index is -1.00. The molecule has 0 unspecified atom stereocenters. The van der Waals surface area contributed by atoms with Crippen LogP contribution in [0.5, 0.6) is 0 Å². The topological polar surface area (TPSA) is 78.9 Å². The Morgan fingerprint density at radius 1 is 1.37 bits per heavy atom. The fraction of sp³-hybridized carbons (Fsp3) is 0.846. The van der Waals surface area contributed by atoms with Gasteiger partial charge in [-0.1, -0.05) is 6.92 Å². The summed E-state index contributed by atoms with van der Waals surface area (Å²) in [4.78, 5) is 25.5. The molecule has 0 radical (unpaired) electrons. The minimum Gasteiger partial charge on any atom is -0.480 e. The highest BCUT2D eigenvalue weighted by Crippen LogP contribution is 2.32. The van der Waals surface area contributed by atoms with E-state index in [2.05, 4.69) is 10.2 Å². The quantitative estimate of drug-likeness (QED) is 0.739. The van der Waals surface area contributed by atoms with Crippen LogP contribution in [0.2, 0.25) is 0 Å². The Balaban J connectivity index is 1.83. The number of amides is 1. The average molecular weight is 270 g/mol. The van der Waals surface area contributed by atoms with Crippen LogP contribution < -0.4 is 5.32 Å². The number of aliphatic carboxylic acids is 1. The summed E-state index contributed by atoms with van der Waals surface area (Å²) in [5.74, 6) is -1.27. The highest BCUT2D eigenvalue weighted by Gasteiger charge is 2.46. The number of rotatable bonds is 5. The van der Waals surface area contributed by atoms with Crippen LogP contribution in [0.15, 0.2) is 0 Å². The van der Waals surface area contributed by atoms with Gasteiger partial charge in [-0.05, 0) is 19.3 Å². The molecule has 1 aliphatic heterocycles. The fourth-order valence-electron chi connectivity index (χ4n) is 2.54. The predicted molar refractivity (Wildman–Crippen MR) is 68.8 cm³/mol. The van der Waals surface area contributed by atoms with Crippen LogP contribution in [0.25, 0.3) is 0 Å². The van der Waals surface area contributed by atoms with E-state index < -0.39 is 11.5 Å². The van der Waals surface area contributed by atoms with E-state index in [1.54, 1.807) is 0 Å². The van der Waals surface area contributed by atoms with Crippen LogP contribution in [0.3, 0.4) is 0 Å². The van der Waals surface area contributed by atoms with Crippen molar-refractivity contribution in [2.75, 3.05) is 32.8 Å². The van der Waals surface area contributed by atoms with Crippen LogP contribution in [-0.2, 0) is 14.3 Å². The minimum absolute atomic E-state index is 0.159. The lowest BCUT2D eigenvalue weighted by Crippen LogP contribution is -2.60. The van der Waals surface area contributed by atoms with Crippen molar-refractivity contribution >= 4 is 11.9 Å². The summed E-state index contributed by atoms with van der Waals surface area (Å²) in [5.41, 5.74) is -1.00. The molecular formula is C13H22N2O4. The normalized spacial score (nSPS) is 24.3. The van der Waals surface area contributed by atoms with Gasteiger partial charge in [-0.25, -0.2) is 4.79 Å². The maximum atomic E-state index is 12.1. The van der Waals surface area contributed by atoms with E-state index >= 15 is 0 Å². The van der Waals surface area contributed by atoms with Crippen LogP contribution in [0.1, 0.15) is 26.2 Å². The lowest BCUT2D eigenvalue weighted by Gasteiger charge is -2.39. The summed E-state index contributed by atoms with van der Waals surface area (Å²) in [6.45, 7) is 5.58. The van der Waals surface area contributed by atoms with Crippen LogP contribution >= 0.6 is 0 Å². The van der Waals surface area contributed by atoms with Crippen molar-refractivity contribution in [1.29, 1.82) is 0 Å². The first-order valence-electron chi connectivity index (χ1n) is 6.89. The van der Waals surface area contributed by atoms with Crippen molar-refractivity contribution in [2.45, 2.75) is 31.7 Å². The summed E-state index contributed by atoms with van der Waals surface area (Å²) in [5, 5.41) is 11.9. The molecule has 0 spiro atoms. The predicted octanol–water partition coefficient (Wildman–Crippen LogP) is 0.0782. The molecule has 19 heavy (non-hydrogen) atoms. The van der Waals surface area contributed by atoms with Crippen molar-refractivity contribution in [3.8, 4) is 0 Å². The Hall–Kier alpha value is -1.14. The molecule has 1 saturated carbocycles. The smallest absolute Gasteiger partial charge is 0.329 e. The number of hydrogen-bond acceptors (Lipinski definition) is 4. The molecule has 2 rings (SSSR count). The molecule has 1 aliphatic carbocycles. The Morgan fingerprint density at radius 2 is 2.00 bits per heavy atom. The molecule has 1 amide bonds. The Morgan fingerprint density at radius 3 is 2.47 bits per heavy atom. The number of nitrogens with one attached hydrogen (secondary N) is 1. The SMILES string of the molecule is C[C@H](CN1CCOCC1)C(=O)NC1(C(=O)O)CCC1. The van der Waals surface area contributed by atoms with Gasteiger partial charge in [0.15, 0.2) is 0 Å². The maximum Gasteiger partial charge on any atom is 0.329 e. The summed E-state index contributed by atoms with van der Waals surface area (Å²) in [7, 11) is 0. The third-order valence-corrected chi connectivity index (χ3v) is 4.06. The third kappa shape index (κ3) is 3.25. The lowest BCUT2D eigenvalue weighted by molar-refractivity contribution is -0.152. The number of carbonyl (C=O) groups excluding carboxylic acids is 1. The molecular weight excluding hydrogens is 248 g/mol. The molecule has 2 fully saturated rings. The van der Waals surface area contributed by atoms with E-state index in [9.17, 15) is 14.7 Å². The molecule has 0 bridgehead atoms. The maximum absolute atomic E-state index is 12.1. The molecule has 0 aromatic heterocycles. The van der Waals surface area contributed by atoms with E-state index in [1.807, 2.05) is 6.92 Å². The second kappa shape index (κ2) is 5.88. The van der Waals surface area contributed by atoms with Gasteiger partial charge in [0.05, 0.1) is 13.2 Å². The van der Waals surface area contributed by atoms with Crippen molar-refractivity contribution in [3.63, 3.8) is 0 Å². The second-order valence-corrected chi connectivity index (χ2v) is 5.54. The number of nitrogens with zero attached hydrogens (tertiary/aromatic N) is 1. The van der Waals surface area contributed by atoms with Crippen molar-refractivity contribution in [3.05, 3.63) is 0 Å². The Labute approximate surface area is 113 Å². The van der Waals surface area contributed by atoms with Crippen LogP contribution in [0, 0.1) is 5.92 Å². The second-order valence-electron chi connectivity index (χ2n) is 5.54. The summed E-state index contributed by atoms with van der Waals surface area (Å²) < 4.78 is 5.26. The number of carbonyl (C=O) groups is 2. The fourth-order valence-corrected chi connectivity index (χ4v) is 2.54. The molecule has 0 aromatic rings. The number of ether oxygens (including phenoxy) is 1. The zero-order chi connectivity index (χ0) is 13.9. The molecule has 2 N–H and O–H groups in total. The van der Waals surface area contributed by atoms with E-state index in [0.717, 1.165) is 19.5 Å². The number of hydrogen-bond donors (Lipinski definition) is 2. The molecule has 1 atom stereocenters. The molecule has 108 valence electrons. The summed E-state index contributed by atoms with van der Waals surface area (Å²) >= 11 is 0. The zero-order valence-corrected chi connectivity index (χ0v) is 11.4. The lowest BCUT2D eigenvalue weighted by atomic mass is 9.76. The van der Waals surface area contributed by atoms with Gasteiger partial charge in [0.25, 0.3) is 0 Å². The first-order valence-corrected chi connectivity index (χ1v) is 6.89.